The van der Waals surface area contributed by atoms with E-state index in [1.54, 1.807) is 18.6 Å². The van der Waals surface area contributed by atoms with Gasteiger partial charge in [-0.15, -0.1) is 0 Å². The molecular weight excluding hydrogens is 275 g/mol. The van der Waals surface area contributed by atoms with Gasteiger partial charge in [0.25, 0.3) is 0 Å². The molecule has 1 aliphatic heterocycles. The number of carbonyl (C=O) groups is 1. The maximum absolute atomic E-state index is 13.9. The average molecular weight is 290 g/mol. The molecule has 2 N–H and O–H groups in total. The predicted octanol–water partition coefficient (Wildman–Crippen LogP) is 2.29. The number of benzene rings is 1. The van der Waals surface area contributed by atoms with E-state index in [1.165, 1.54) is 13.2 Å². The molecule has 7 heteroatoms. The highest BCUT2D eigenvalue weighted by atomic mass is 19.1. The molecule has 0 spiro atoms. The van der Waals surface area contributed by atoms with Crippen LogP contribution in [0.1, 0.15) is 11.3 Å². The van der Waals surface area contributed by atoms with Gasteiger partial charge in [0.15, 0.2) is 0 Å². The van der Waals surface area contributed by atoms with Gasteiger partial charge in [0.05, 0.1) is 31.4 Å². The Labute approximate surface area is 120 Å². The van der Waals surface area contributed by atoms with Crippen LogP contribution in [0.15, 0.2) is 24.7 Å². The van der Waals surface area contributed by atoms with Gasteiger partial charge in [-0.25, -0.2) is 14.2 Å². The minimum Gasteiger partial charge on any atom is -0.453 e. The van der Waals surface area contributed by atoms with Crippen molar-refractivity contribution in [3.63, 3.8) is 0 Å². The molecule has 3 rings (SSSR count). The lowest BCUT2D eigenvalue weighted by Gasteiger charge is -2.19. The molecule has 2 heterocycles. The number of aromatic nitrogens is 2. The van der Waals surface area contributed by atoms with E-state index in [4.69, 9.17) is 0 Å². The fourth-order valence-electron chi connectivity index (χ4n) is 2.47. The third-order valence-electron chi connectivity index (χ3n) is 3.50. The second kappa shape index (κ2) is 5.43. The predicted molar refractivity (Wildman–Crippen MR) is 75.8 cm³/mol. The van der Waals surface area contributed by atoms with Crippen LogP contribution in [0.4, 0.5) is 20.6 Å². The summed E-state index contributed by atoms with van der Waals surface area (Å²) < 4.78 is 18.4. The van der Waals surface area contributed by atoms with Gasteiger partial charge in [-0.1, -0.05) is 0 Å². The fourth-order valence-corrected chi connectivity index (χ4v) is 2.47. The topological polar surface area (TPSA) is 70.2 Å². The molecule has 0 unspecified atom stereocenters. The van der Waals surface area contributed by atoms with Crippen molar-refractivity contribution in [2.24, 2.45) is 0 Å². The molecule has 1 amide bonds. The van der Waals surface area contributed by atoms with Crippen LogP contribution >= 0.6 is 0 Å². The van der Waals surface area contributed by atoms with Gasteiger partial charge in [0, 0.05) is 18.4 Å². The van der Waals surface area contributed by atoms with Crippen LogP contribution in [0.25, 0.3) is 0 Å². The second-order valence-electron chi connectivity index (χ2n) is 4.83. The van der Waals surface area contributed by atoms with Crippen LogP contribution in [0.2, 0.25) is 0 Å². The third kappa shape index (κ3) is 2.67. The summed E-state index contributed by atoms with van der Waals surface area (Å²) in [6, 6.07) is 3.11. The normalized spacial score (nSPS) is 13.1. The van der Waals surface area contributed by atoms with E-state index in [0.29, 0.717) is 6.54 Å². The summed E-state index contributed by atoms with van der Waals surface area (Å²) in [5, 5.41) is 2.39. The number of carbonyl (C=O) groups excluding carboxylic acids is 1. The fraction of sp³-hybridized carbons (Fsp3) is 0.286. The van der Waals surface area contributed by atoms with Crippen molar-refractivity contribution in [2.75, 3.05) is 23.9 Å². The molecule has 0 saturated heterocycles. The first-order chi connectivity index (χ1) is 10.2. The molecule has 1 aromatic heterocycles. The highest BCUT2D eigenvalue weighted by Gasteiger charge is 2.22. The van der Waals surface area contributed by atoms with Gasteiger partial charge >= 0.3 is 6.09 Å². The zero-order valence-corrected chi connectivity index (χ0v) is 11.5. The molecule has 110 valence electrons. The molecule has 0 aliphatic carbocycles. The standard InChI is InChI=1S/C14H15FN4O2/c1-21-14(20)18-12-5-13-9(4-11(12)15)2-3-19(13)7-10-6-16-8-17-10/h4-6,8H,2-3,7H2,1H3,(H,16,17)(H,18,20). The number of imidazole rings is 1. The summed E-state index contributed by atoms with van der Waals surface area (Å²) in [4.78, 5) is 20.4. The quantitative estimate of drug-likeness (QED) is 0.910. The lowest BCUT2D eigenvalue weighted by Crippen LogP contribution is -2.20. The Hall–Kier alpha value is -2.57. The number of nitrogens with one attached hydrogen (secondary N) is 2. The van der Waals surface area contributed by atoms with Crippen LogP contribution < -0.4 is 10.2 Å². The Morgan fingerprint density at radius 1 is 1.57 bits per heavy atom. The zero-order chi connectivity index (χ0) is 14.8. The first-order valence-corrected chi connectivity index (χ1v) is 6.57. The Balaban J connectivity index is 1.86. The minimum atomic E-state index is -0.688. The Morgan fingerprint density at radius 2 is 2.43 bits per heavy atom. The van der Waals surface area contributed by atoms with Crippen LogP contribution in [0.3, 0.4) is 0 Å². The highest BCUT2D eigenvalue weighted by molar-refractivity contribution is 5.86. The van der Waals surface area contributed by atoms with Gasteiger partial charge in [0.2, 0.25) is 0 Å². The van der Waals surface area contributed by atoms with Gasteiger partial charge in [-0.2, -0.15) is 0 Å². The Bertz CT molecular complexity index is 657. The summed E-state index contributed by atoms with van der Waals surface area (Å²) in [5.74, 6) is -0.456. The van der Waals surface area contributed by atoms with Crippen LogP contribution in [0, 0.1) is 5.82 Å². The number of nitrogens with zero attached hydrogens (tertiary/aromatic N) is 2. The molecule has 0 saturated carbocycles. The number of anilines is 2. The number of methoxy groups -OCH3 is 1. The zero-order valence-electron chi connectivity index (χ0n) is 11.5. The van der Waals surface area contributed by atoms with E-state index in [2.05, 4.69) is 24.9 Å². The number of fused-ring (bicyclic) bond motifs is 1. The third-order valence-corrected chi connectivity index (χ3v) is 3.50. The minimum absolute atomic E-state index is 0.122. The first kappa shape index (κ1) is 13.4. The summed E-state index contributed by atoms with van der Waals surface area (Å²) in [6.45, 7) is 1.46. The first-order valence-electron chi connectivity index (χ1n) is 6.57. The molecule has 1 aliphatic rings. The van der Waals surface area contributed by atoms with Crippen molar-refractivity contribution in [1.82, 2.24) is 9.97 Å². The number of aromatic amines is 1. The van der Waals surface area contributed by atoms with Crippen LogP contribution in [0.5, 0.6) is 0 Å². The molecule has 6 nitrogen and oxygen atoms in total. The van der Waals surface area contributed by atoms with E-state index in [9.17, 15) is 9.18 Å². The summed E-state index contributed by atoms with van der Waals surface area (Å²) in [7, 11) is 1.24. The van der Waals surface area contributed by atoms with E-state index < -0.39 is 11.9 Å². The lowest BCUT2D eigenvalue weighted by molar-refractivity contribution is 0.187. The van der Waals surface area contributed by atoms with Gasteiger partial charge in [-0.05, 0) is 24.1 Å². The van der Waals surface area contributed by atoms with Gasteiger partial charge < -0.3 is 14.6 Å². The lowest BCUT2D eigenvalue weighted by atomic mass is 10.1. The Morgan fingerprint density at radius 3 is 3.14 bits per heavy atom. The maximum atomic E-state index is 13.9. The molecule has 21 heavy (non-hydrogen) atoms. The van der Waals surface area contributed by atoms with E-state index >= 15 is 0 Å². The summed E-state index contributed by atoms with van der Waals surface area (Å²) >= 11 is 0. The molecule has 0 fully saturated rings. The van der Waals surface area contributed by atoms with E-state index in [-0.39, 0.29) is 5.69 Å². The number of rotatable bonds is 3. The monoisotopic (exact) mass is 290 g/mol. The number of hydrogen-bond donors (Lipinski definition) is 2. The number of halogens is 1. The molecule has 1 aromatic carbocycles. The van der Waals surface area contributed by atoms with Crippen molar-refractivity contribution in [1.29, 1.82) is 0 Å². The van der Waals surface area contributed by atoms with Gasteiger partial charge in [-0.3, -0.25) is 5.32 Å². The number of amides is 1. The SMILES string of the molecule is COC(=O)Nc1cc2c(cc1F)CCN2Cc1cnc[nH]1. The van der Waals surface area contributed by atoms with E-state index in [1.807, 2.05) is 0 Å². The molecule has 0 bridgehead atoms. The van der Waals surface area contributed by atoms with Crippen LogP contribution in [-0.4, -0.2) is 29.7 Å². The second-order valence-corrected chi connectivity index (χ2v) is 4.83. The van der Waals surface area contributed by atoms with Crippen molar-refractivity contribution in [3.05, 3.63) is 41.7 Å². The van der Waals surface area contributed by atoms with E-state index in [0.717, 1.165) is 29.9 Å². The average Bonchev–Trinajstić information content (AvgIpc) is 3.10. The molecule has 0 atom stereocenters. The van der Waals surface area contributed by atoms with Crippen molar-refractivity contribution >= 4 is 17.5 Å². The van der Waals surface area contributed by atoms with Gasteiger partial charge in [0.1, 0.15) is 5.82 Å². The smallest absolute Gasteiger partial charge is 0.411 e. The number of ether oxygens (including phenoxy) is 1. The highest BCUT2D eigenvalue weighted by Crippen LogP contribution is 2.33. The van der Waals surface area contributed by atoms with Crippen molar-refractivity contribution < 1.29 is 13.9 Å². The Kier molecular flexibility index (Phi) is 3.47. The molecule has 0 radical (unpaired) electrons. The van der Waals surface area contributed by atoms with Crippen LogP contribution in [-0.2, 0) is 17.7 Å². The van der Waals surface area contributed by atoms with Crippen molar-refractivity contribution in [2.45, 2.75) is 13.0 Å². The summed E-state index contributed by atoms with van der Waals surface area (Å²) in [6.07, 6.45) is 3.47. The number of hydrogen-bond acceptors (Lipinski definition) is 4. The summed E-state index contributed by atoms with van der Waals surface area (Å²) in [5.41, 5.74) is 2.95. The largest absolute Gasteiger partial charge is 0.453 e. The number of H-pyrrole nitrogens is 1. The molecular formula is C14H15FN4O2. The molecule has 2 aromatic rings. The maximum Gasteiger partial charge on any atom is 0.411 e. The van der Waals surface area contributed by atoms with Crippen molar-refractivity contribution in [3.8, 4) is 0 Å².